The monoisotopic (exact) mass is 268 g/mol. The fourth-order valence-corrected chi connectivity index (χ4v) is 0. The van der Waals surface area contributed by atoms with Crippen LogP contribution in [0.4, 0.5) is 0 Å². The molecule has 7 heavy (non-hydrogen) atoms. The Morgan fingerprint density at radius 1 is 1.57 bits per heavy atom. The van der Waals surface area contributed by atoms with Gasteiger partial charge < -0.3 is 1.43 Å². The number of rotatable bonds is 0. The summed E-state index contributed by atoms with van der Waals surface area (Å²) in [5, 5.41) is 0. The largest absolute Gasteiger partial charge is 1.00 e. The van der Waals surface area contributed by atoms with E-state index in [0.29, 0.717) is 0 Å². The van der Waals surface area contributed by atoms with Crippen molar-refractivity contribution in [1.82, 2.24) is 0 Å². The SMILES string of the molecule is O=S(O)(O)=S.[H-].[Na+].[Te]. The van der Waals surface area contributed by atoms with Crippen molar-refractivity contribution in [2.45, 2.75) is 0 Å². The Hall–Kier alpha value is 2.08. The Bertz CT molecular complexity index is 100. The van der Waals surface area contributed by atoms with E-state index in [1.165, 1.54) is 0 Å². The molecule has 0 spiro atoms. The summed E-state index contributed by atoms with van der Waals surface area (Å²) in [6.45, 7) is 0. The fraction of sp³-hybridized carbons (Fsp3) is 0. The Morgan fingerprint density at radius 3 is 1.57 bits per heavy atom. The molecule has 0 unspecified atom stereocenters. The average molecular weight is 266 g/mol. The van der Waals surface area contributed by atoms with E-state index in [2.05, 4.69) is 11.2 Å². The van der Waals surface area contributed by atoms with E-state index in [4.69, 9.17) is 13.3 Å². The summed E-state index contributed by atoms with van der Waals surface area (Å²) >= 11 is 3.47. The molecule has 0 saturated heterocycles. The summed E-state index contributed by atoms with van der Waals surface area (Å²) in [6, 6.07) is 0. The topological polar surface area (TPSA) is 57.5 Å². The molecule has 40 valence electrons. The minimum absolute atomic E-state index is 0. The first kappa shape index (κ1) is 16.0. The van der Waals surface area contributed by atoms with Gasteiger partial charge in [-0.15, -0.1) is 0 Å². The molecule has 0 rings (SSSR count). The maximum absolute atomic E-state index is 9.11. The standard InChI is InChI=1S/Na.H2O3S2.Te.H/c;1-5(2,3)4;;/h;(H2,1,2,3,4);;/q+1;;;-1. The van der Waals surface area contributed by atoms with Crippen LogP contribution < -0.4 is 29.6 Å². The molecule has 3 nitrogen and oxygen atoms in total. The molecule has 0 aliphatic carbocycles. The van der Waals surface area contributed by atoms with Gasteiger partial charge in [-0.25, -0.2) is 0 Å². The molecule has 0 fully saturated rings. The summed E-state index contributed by atoms with van der Waals surface area (Å²) in [5.41, 5.74) is 0. The van der Waals surface area contributed by atoms with Gasteiger partial charge in [-0.2, -0.15) is 4.21 Å². The van der Waals surface area contributed by atoms with Crippen LogP contribution in [-0.4, -0.2) is 37.0 Å². The minimum atomic E-state index is -3.83. The molecule has 0 aliphatic rings. The van der Waals surface area contributed by atoms with Gasteiger partial charge >= 0.3 is 29.6 Å². The molecule has 0 bridgehead atoms. The van der Waals surface area contributed by atoms with Crippen LogP contribution in [-0.2, 0) is 20.2 Å². The molecule has 0 aromatic heterocycles. The molecule has 2 radical (unpaired) electrons. The molecule has 2 N–H and O–H groups in total. The van der Waals surface area contributed by atoms with Crippen molar-refractivity contribution in [3.05, 3.63) is 0 Å². The van der Waals surface area contributed by atoms with Crippen LogP contribution in [0.15, 0.2) is 0 Å². The van der Waals surface area contributed by atoms with E-state index in [0.717, 1.165) is 0 Å². The number of hydrogen-bond donors (Lipinski definition) is 2. The van der Waals surface area contributed by atoms with Gasteiger partial charge in [-0.05, 0) is 0 Å². The van der Waals surface area contributed by atoms with Gasteiger partial charge in [0, 0.05) is 34.9 Å². The van der Waals surface area contributed by atoms with Gasteiger partial charge in [0.15, 0.2) is 0 Å². The third kappa shape index (κ3) is 69.1. The van der Waals surface area contributed by atoms with Crippen molar-refractivity contribution < 1.29 is 44.3 Å². The van der Waals surface area contributed by atoms with Gasteiger partial charge in [0.25, 0.3) is 9.05 Å². The van der Waals surface area contributed by atoms with Crippen LogP contribution >= 0.6 is 0 Å². The smallest absolute Gasteiger partial charge is 1.00 e. The molecular weight excluding hydrogens is 263 g/mol. The fourth-order valence-electron chi connectivity index (χ4n) is 0. The first-order chi connectivity index (χ1) is 2.00. The van der Waals surface area contributed by atoms with E-state index >= 15 is 0 Å². The molecule has 0 aromatic rings. The molecule has 0 saturated carbocycles. The first-order valence-electron chi connectivity index (χ1n) is 0.698. The summed E-state index contributed by atoms with van der Waals surface area (Å²) < 4.78 is 24.0. The van der Waals surface area contributed by atoms with Gasteiger partial charge in [0.2, 0.25) is 0 Å². The Morgan fingerprint density at radius 2 is 1.57 bits per heavy atom. The molecule has 0 atom stereocenters. The molecule has 0 aromatic carbocycles. The summed E-state index contributed by atoms with van der Waals surface area (Å²) in [4.78, 5) is 0. The first-order valence-corrected chi connectivity index (χ1v) is 3.10. The van der Waals surface area contributed by atoms with Crippen LogP contribution in [0.25, 0.3) is 0 Å². The van der Waals surface area contributed by atoms with Gasteiger partial charge in [-0.1, -0.05) is 0 Å². The van der Waals surface area contributed by atoms with Crippen molar-refractivity contribution in [2.75, 3.05) is 0 Å². The normalized spacial score (nSPS) is 8.29. The summed E-state index contributed by atoms with van der Waals surface area (Å²) in [6.07, 6.45) is 0. The van der Waals surface area contributed by atoms with Crippen LogP contribution in [0.3, 0.4) is 0 Å². The van der Waals surface area contributed by atoms with Crippen LogP contribution in [0, 0.1) is 0 Å². The third-order valence-electron chi connectivity index (χ3n) is 0. The maximum atomic E-state index is 9.11. The Balaban J connectivity index is -0.0000000267. The predicted molar refractivity (Wildman–Crippen MR) is 27.6 cm³/mol. The molecule has 0 heterocycles. The zero-order chi connectivity index (χ0) is 4.50. The van der Waals surface area contributed by atoms with Crippen LogP contribution in [0.5, 0.6) is 0 Å². The van der Waals surface area contributed by atoms with Gasteiger partial charge in [-0.3, -0.25) is 9.11 Å². The minimum Gasteiger partial charge on any atom is -1.00 e. The van der Waals surface area contributed by atoms with E-state index in [1.54, 1.807) is 0 Å². The third-order valence-corrected chi connectivity index (χ3v) is 0. The zero-order valence-electron chi connectivity index (χ0n) is 4.53. The van der Waals surface area contributed by atoms with Crippen LogP contribution in [0.1, 0.15) is 1.43 Å². The van der Waals surface area contributed by atoms with Crippen molar-refractivity contribution in [1.29, 1.82) is 0 Å². The quantitative estimate of drug-likeness (QED) is 0.445. The van der Waals surface area contributed by atoms with E-state index < -0.39 is 9.05 Å². The zero-order valence-corrected chi connectivity index (χ0v) is 9.49. The van der Waals surface area contributed by atoms with Crippen LogP contribution in [0.2, 0.25) is 0 Å². The van der Waals surface area contributed by atoms with E-state index in [9.17, 15) is 0 Å². The average Bonchev–Trinajstić information content (AvgIpc) is 0.722. The molecule has 7 heteroatoms. The second-order valence-electron chi connectivity index (χ2n) is 0.448. The number of hydrogen-bond acceptors (Lipinski definition) is 2. The van der Waals surface area contributed by atoms with Gasteiger partial charge in [0.1, 0.15) is 0 Å². The Labute approximate surface area is 87.1 Å². The van der Waals surface area contributed by atoms with Crippen molar-refractivity contribution >= 4 is 43.9 Å². The maximum Gasteiger partial charge on any atom is 1.00 e. The van der Waals surface area contributed by atoms with Crippen molar-refractivity contribution in [3.8, 4) is 0 Å². The molecule has 0 aliphatic heterocycles. The predicted octanol–water partition coefficient (Wildman–Crippen LogP) is -3.59. The Kier molecular flexibility index (Phi) is 14.2. The second kappa shape index (κ2) is 6.20. The van der Waals surface area contributed by atoms with Crippen molar-refractivity contribution in [3.63, 3.8) is 0 Å². The van der Waals surface area contributed by atoms with Crippen molar-refractivity contribution in [2.24, 2.45) is 0 Å². The molecule has 0 amide bonds. The molecular formula is H3NaO3S2Te. The van der Waals surface area contributed by atoms with E-state index in [-0.39, 0.29) is 54.7 Å². The summed E-state index contributed by atoms with van der Waals surface area (Å²) in [5.74, 6) is 0. The second-order valence-corrected chi connectivity index (χ2v) is 2.65. The van der Waals surface area contributed by atoms with Gasteiger partial charge in [0.05, 0.1) is 0 Å². The van der Waals surface area contributed by atoms with E-state index in [1.807, 2.05) is 0 Å². The summed E-state index contributed by atoms with van der Waals surface area (Å²) in [7, 11) is -3.83.